The number of ether oxygens (including phenoxy) is 1. The number of methoxy groups -OCH3 is 1. The Kier molecular flexibility index (Phi) is 4.79. The highest BCUT2D eigenvalue weighted by atomic mass is 16.5. The third-order valence-electron chi connectivity index (χ3n) is 4.87. The molecule has 1 fully saturated rings. The van der Waals surface area contributed by atoms with Crippen LogP contribution in [0.5, 0.6) is 5.75 Å². The minimum absolute atomic E-state index is 0.00947. The van der Waals surface area contributed by atoms with Crippen LogP contribution in [0.2, 0.25) is 0 Å². The maximum Gasteiger partial charge on any atom is 0.270 e. The van der Waals surface area contributed by atoms with Crippen molar-refractivity contribution in [2.45, 2.75) is 13.8 Å². The maximum absolute atomic E-state index is 12.9. The Morgan fingerprint density at radius 3 is 2.16 bits per heavy atom. The normalized spacial score (nSPS) is 14.5. The number of amides is 2. The number of nitrogens with zero attached hydrogens (tertiary/aromatic N) is 2. The number of piperazine rings is 1. The summed E-state index contributed by atoms with van der Waals surface area (Å²) in [6.45, 7) is 6.05. The third-order valence-corrected chi connectivity index (χ3v) is 4.87. The molecule has 1 aromatic heterocycles. The highest BCUT2D eigenvalue weighted by molar-refractivity contribution is 5.97. The minimum atomic E-state index is -0.0198. The van der Waals surface area contributed by atoms with E-state index in [2.05, 4.69) is 4.98 Å². The van der Waals surface area contributed by atoms with Crippen LogP contribution >= 0.6 is 0 Å². The summed E-state index contributed by atoms with van der Waals surface area (Å²) in [5.74, 6) is 0.777. The van der Waals surface area contributed by atoms with Gasteiger partial charge in [-0.05, 0) is 49.2 Å². The fourth-order valence-electron chi connectivity index (χ4n) is 3.17. The highest BCUT2D eigenvalue weighted by Crippen LogP contribution is 2.25. The summed E-state index contributed by atoms with van der Waals surface area (Å²) in [6.07, 6.45) is 1.74. The van der Waals surface area contributed by atoms with Gasteiger partial charge in [0.05, 0.1) is 7.11 Å². The second-order valence-electron chi connectivity index (χ2n) is 6.23. The van der Waals surface area contributed by atoms with Gasteiger partial charge in [0.2, 0.25) is 0 Å². The first-order chi connectivity index (χ1) is 12.0. The van der Waals surface area contributed by atoms with Gasteiger partial charge in [0, 0.05) is 37.9 Å². The van der Waals surface area contributed by atoms with E-state index in [1.165, 1.54) is 0 Å². The molecular weight excluding hydrogens is 318 g/mol. The van der Waals surface area contributed by atoms with Crippen molar-refractivity contribution in [2.24, 2.45) is 0 Å². The van der Waals surface area contributed by atoms with E-state index < -0.39 is 0 Å². The van der Waals surface area contributed by atoms with Crippen molar-refractivity contribution in [1.29, 1.82) is 0 Å². The van der Waals surface area contributed by atoms with Crippen molar-refractivity contribution in [2.75, 3.05) is 33.3 Å². The molecule has 0 aliphatic carbocycles. The van der Waals surface area contributed by atoms with Gasteiger partial charge in [0.1, 0.15) is 11.4 Å². The molecule has 1 aliphatic heterocycles. The molecule has 2 aromatic rings. The van der Waals surface area contributed by atoms with Crippen molar-refractivity contribution < 1.29 is 14.3 Å². The number of nitrogens with one attached hydrogen (secondary N) is 1. The Hall–Kier alpha value is -2.76. The Bertz CT molecular complexity index is 775. The quantitative estimate of drug-likeness (QED) is 0.931. The van der Waals surface area contributed by atoms with Crippen LogP contribution in [0.4, 0.5) is 0 Å². The number of benzene rings is 1. The molecule has 0 radical (unpaired) electrons. The predicted molar refractivity (Wildman–Crippen MR) is 95.1 cm³/mol. The smallest absolute Gasteiger partial charge is 0.270 e. The van der Waals surface area contributed by atoms with E-state index in [1.807, 2.05) is 36.9 Å². The van der Waals surface area contributed by atoms with E-state index in [0.29, 0.717) is 37.4 Å². The molecule has 6 nitrogen and oxygen atoms in total. The fourth-order valence-corrected chi connectivity index (χ4v) is 3.17. The van der Waals surface area contributed by atoms with E-state index in [9.17, 15) is 9.59 Å². The molecule has 2 amide bonds. The summed E-state index contributed by atoms with van der Waals surface area (Å²) < 4.78 is 5.31. The number of carbonyl (C=O) groups is 2. The van der Waals surface area contributed by atoms with E-state index >= 15 is 0 Å². The number of aromatic amines is 1. The zero-order valence-electron chi connectivity index (χ0n) is 14.8. The first kappa shape index (κ1) is 17.1. The lowest BCUT2D eigenvalue weighted by Gasteiger charge is -2.35. The number of hydrogen-bond acceptors (Lipinski definition) is 3. The van der Waals surface area contributed by atoms with Crippen LogP contribution in [0.25, 0.3) is 0 Å². The van der Waals surface area contributed by atoms with Gasteiger partial charge in [-0.1, -0.05) is 0 Å². The number of rotatable bonds is 3. The van der Waals surface area contributed by atoms with E-state index in [-0.39, 0.29) is 11.8 Å². The molecule has 25 heavy (non-hydrogen) atoms. The lowest BCUT2D eigenvalue weighted by molar-refractivity contribution is 0.0532. The standard InChI is InChI=1S/C19H23N3O3/c1-13-14(2)17(25-3)7-6-15(13)18(23)21-9-11-22(12-10-21)19(24)16-5-4-8-20-16/h4-8,20H,9-12H2,1-3H3. The molecule has 2 heterocycles. The molecule has 1 N–H and O–H groups in total. The second kappa shape index (κ2) is 7.01. The van der Waals surface area contributed by atoms with Gasteiger partial charge in [-0.15, -0.1) is 0 Å². The lowest BCUT2D eigenvalue weighted by Crippen LogP contribution is -2.50. The van der Waals surface area contributed by atoms with Crippen LogP contribution in [0.1, 0.15) is 32.0 Å². The molecule has 0 saturated carbocycles. The molecule has 0 atom stereocenters. The first-order valence-electron chi connectivity index (χ1n) is 8.39. The first-order valence-corrected chi connectivity index (χ1v) is 8.39. The molecule has 1 aliphatic rings. The van der Waals surface area contributed by atoms with Crippen LogP contribution in [-0.4, -0.2) is 59.9 Å². The van der Waals surface area contributed by atoms with Crippen LogP contribution in [-0.2, 0) is 0 Å². The van der Waals surface area contributed by atoms with Gasteiger partial charge in [-0.3, -0.25) is 9.59 Å². The maximum atomic E-state index is 12.9. The Balaban J connectivity index is 1.68. The largest absolute Gasteiger partial charge is 0.496 e. The second-order valence-corrected chi connectivity index (χ2v) is 6.23. The Labute approximate surface area is 147 Å². The van der Waals surface area contributed by atoms with E-state index in [1.54, 1.807) is 24.3 Å². The van der Waals surface area contributed by atoms with Gasteiger partial charge < -0.3 is 19.5 Å². The molecule has 1 aromatic carbocycles. The van der Waals surface area contributed by atoms with Crippen molar-refractivity contribution >= 4 is 11.8 Å². The summed E-state index contributed by atoms with van der Waals surface area (Å²) in [6, 6.07) is 7.23. The molecular formula is C19H23N3O3. The molecule has 0 bridgehead atoms. The van der Waals surface area contributed by atoms with Crippen molar-refractivity contribution in [3.8, 4) is 5.75 Å². The van der Waals surface area contributed by atoms with Gasteiger partial charge in [0.25, 0.3) is 11.8 Å². The average molecular weight is 341 g/mol. The van der Waals surface area contributed by atoms with E-state index in [0.717, 1.165) is 16.9 Å². The number of carbonyl (C=O) groups excluding carboxylic acids is 2. The lowest BCUT2D eigenvalue weighted by atomic mass is 10.0. The third kappa shape index (κ3) is 3.24. The summed E-state index contributed by atoms with van der Waals surface area (Å²) in [5.41, 5.74) is 3.20. The van der Waals surface area contributed by atoms with Crippen LogP contribution < -0.4 is 4.74 Å². The number of aromatic nitrogens is 1. The van der Waals surface area contributed by atoms with Crippen LogP contribution in [0.3, 0.4) is 0 Å². The summed E-state index contributed by atoms with van der Waals surface area (Å²) in [5, 5.41) is 0. The SMILES string of the molecule is COc1ccc(C(=O)N2CCN(C(=O)c3ccc[nH]3)CC2)c(C)c1C. The van der Waals surface area contributed by atoms with Gasteiger partial charge in [0.15, 0.2) is 0 Å². The topological polar surface area (TPSA) is 65.6 Å². The molecule has 0 spiro atoms. The molecule has 6 heteroatoms. The van der Waals surface area contributed by atoms with Gasteiger partial charge >= 0.3 is 0 Å². The number of hydrogen-bond donors (Lipinski definition) is 1. The Morgan fingerprint density at radius 1 is 0.960 bits per heavy atom. The average Bonchev–Trinajstić information content (AvgIpc) is 3.17. The van der Waals surface area contributed by atoms with Crippen LogP contribution in [0, 0.1) is 13.8 Å². The summed E-state index contributed by atoms with van der Waals surface area (Å²) >= 11 is 0. The van der Waals surface area contributed by atoms with Gasteiger partial charge in [-0.2, -0.15) is 0 Å². The number of H-pyrrole nitrogens is 1. The fraction of sp³-hybridized carbons (Fsp3) is 0.368. The Morgan fingerprint density at radius 2 is 1.60 bits per heavy atom. The molecule has 0 unspecified atom stereocenters. The highest BCUT2D eigenvalue weighted by Gasteiger charge is 2.27. The van der Waals surface area contributed by atoms with Crippen molar-refractivity contribution in [3.63, 3.8) is 0 Å². The van der Waals surface area contributed by atoms with Gasteiger partial charge in [-0.25, -0.2) is 0 Å². The summed E-state index contributed by atoms with van der Waals surface area (Å²) in [4.78, 5) is 31.7. The molecule has 132 valence electrons. The van der Waals surface area contributed by atoms with Crippen LogP contribution in [0.15, 0.2) is 30.5 Å². The molecule has 1 saturated heterocycles. The monoisotopic (exact) mass is 341 g/mol. The van der Waals surface area contributed by atoms with Crippen molar-refractivity contribution in [3.05, 3.63) is 52.8 Å². The zero-order valence-corrected chi connectivity index (χ0v) is 14.8. The predicted octanol–water partition coefficient (Wildman–Crippen LogP) is 2.24. The van der Waals surface area contributed by atoms with E-state index in [4.69, 9.17) is 4.74 Å². The molecule has 3 rings (SSSR count). The summed E-state index contributed by atoms with van der Waals surface area (Å²) in [7, 11) is 1.63. The minimum Gasteiger partial charge on any atom is -0.496 e. The zero-order chi connectivity index (χ0) is 18.0. The van der Waals surface area contributed by atoms with Crippen molar-refractivity contribution in [1.82, 2.24) is 14.8 Å².